The first-order valence-corrected chi connectivity index (χ1v) is 9.95. The summed E-state index contributed by atoms with van der Waals surface area (Å²) >= 11 is 11.7. The average molecular weight is 411 g/mol. The SMILES string of the molecule is Cc1ccc(S(=O)(=O)O)cc1NS(=O)(=O)c1cc(Cl)c(N)cc1Cl. The molecule has 4 N–H and O–H groups in total. The van der Waals surface area contributed by atoms with E-state index in [1.807, 2.05) is 0 Å². The molecule has 0 aromatic heterocycles. The van der Waals surface area contributed by atoms with E-state index < -0.39 is 25.0 Å². The van der Waals surface area contributed by atoms with Crippen LogP contribution in [-0.2, 0) is 20.1 Å². The second-order valence-corrected chi connectivity index (χ2v) is 8.75. The standard InChI is InChI=1S/C13H12Cl2N2O5S2/c1-7-2-3-8(24(20,21)22)4-12(7)17-23(18,19)13-6-9(14)11(16)5-10(13)15/h2-6,17H,16H2,1H3,(H,20,21,22). The summed E-state index contributed by atoms with van der Waals surface area (Å²) in [5, 5.41) is -0.142. The van der Waals surface area contributed by atoms with Gasteiger partial charge in [-0.25, -0.2) is 8.42 Å². The minimum atomic E-state index is -4.48. The summed E-state index contributed by atoms with van der Waals surface area (Å²) < 4.78 is 58.7. The molecule has 2 aromatic rings. The summed E-state index contributed by atoms with van der Waals surface area (Å²) in [5.41, 5.74) is 6.07. The molecule has 0 amide bonds. The van der Waals surface area contributed by atoms with Crippen LogP contribution in [0.2, 0.25) is 10.0 Å². The van der Waals surface area contributed by atoms with Gasteiger partial charge in [0.25, 0.3) is 20.1 Å². The summed E-state index contributed by atoms with van der Waals surface area (Å²) in [4.78, 5) is -0.771. The van der Waals surface area contributed by atoms with Crippen molar-refractivity contribution in [2.24, 2.45) is 0 Å². The molecule has 0 spiro atoms. The lowest BCUT2D eigenvalue weighted by Gasteiger charge is -2.13. The number of sulfonamides is 1. The molecule has 0 aliphatic rings. The van der Waals surface area contributed by atoms with Crippen LogP contribution < -0.4 is 10.5 Å². The third-order valence-electron chi connectivity index (χ3n) is 3.09. The van der Waals surface area contributed by atoms with E-state index in [4.69, 9.17) is 33.5 Å². The molecule has 0 bridgehead atoms. The number of aryl methyl sites for hydroxylation is 1. The number of rotatable bonds is 4. The predicted molar refractivity (Wildman–Crippen MR) is 92.7 cm³/mol. The van der Waals surface area contributed by atoms with Gasteiger partial charge in [-0.2, -0.15) is 8.42 Å². The van der Waals surface area contributed by atoms with Crippen molar-refractivity contribution in [1.82, 2.24) is 0 Å². The third-order valence-corrected chi connectivity index (χ3v) is 6.10. The molecule has 0 aliphatic carbocycles. The largest absolute Gasteiger partial charge is 0.397 e. The normalized spacial score (nSPS) is 12.2. The monoisotopic (exact) mass is 410 g/mol. The van der Waals surface area contributed by atoms with E-state index in [1.54, 1.807) is 6.92 Å². The molecule has 24 heavy (non-hydrogen) atoms. The Labute approximate surface area is 149 Å². The maximum Gasteiger partial charge on any atom is 0.294 e. The van der Waals surface area contributed by atoms with Crippen LogP contribution in [0.3, 0.4) is 0 Å². The average Bonchev–Trinajstić information content (AvgIpc) is 2.43. The van der Waals surface area contributed by atoms with Crippen LogP contribution in [-0.4, -0.2) is 21.4 Å². The molecule has 0 unspecified atom stereocenters. The van der Waals surface area contributed by atoms with Gasteiger partial charge in [0.05, 0.1) is 26.3 Å². The number of benzene rings is 2. The van der Waals surface area contributed by atoms with E-state index >= 15 is 0 Å². The Morgan fingerprint density at radius 1 is 1.04 bits per heavy atom. The van der Waals surface area contributed by atoms with E-state index in [0.29, 0.717) is 5.56 Å². The van der Waals surface area contributed by atoms with Gasteiger partial charge in [-0.05, 0) is 36.8 Å². The van der Waals surface area contributed by atoms with Crippen molar-refractivity contribution in [2.75, 3.05) is 10.5 Å². The molecule has 0 aliphatic heterocycles. The Morgan fingerprint density at radius 2 is 1.67 bits per heavy atom. The van der Waals surface area contributed by atoms with E-state index in [9.17, 15) is 16.8 Å². The Kier molecular flexibility index (Phi) is 5.03. The fraction of sp³-hybridized carbons (Fsp3) is 0.0769. The van der Waals surface area contributed by atoms with E-state index in [0.717, 1.165) is 18.2 Å². The van der Waals surface area contributed by atoms with Crippen molar-refractivity contribution in [3.8, 4) is 0 Å². The van der Waals surface area contributed by atoms with Gasteiger partial charge in [-0.3, -0.25) is 9.27 Å². The topological polar surface area (TPSA) is 127 Å². The molecule has 7 nitrogen and oxygen atoms in total. The van der Waals surface area contributed by atoms with Crippen LogP contribution in [0.5, 0.6) is 0 Å². The maximum atomic E-state index is 12.5. The van der Waals surface area contributed by atoms with E-state index in [-0.39, 0.29) is 26.3 Å². The molecule has 2 aromatic carbocycles. The van der Waals surface area contributed by atoms with Crippen LogP contribution >= 0.6 is 23.2 Å². The first-order valence-electron chi connectivity index (χ1n) is 6.27. The van der Waals surface area contributed by atoms with Crippen molar-refractivity contribution in [3.63, 3.8) is 0 Å². The lowest BCUT2D eigenvalue weighted by molar-refractivity contribution is 0.483. The number of hydrogen-bond donors (Lipinski definition) is 3. The van der Waals surface area contributed by atoms with Gasteiger partial charge in [0.15, 0.2) is 0 Å². The maximum absolute atomic E-state index is 12.5. The third kappa shape index (κ3) is 3.93. The lowest BCUT2D eigenvalue weighted by atomic mass is 10.2. The highest BCUT2D eigenvalue weighted by Crippen LogP contribution is 2.32. The summed E-state index contributed by atoms with van der Waals surface area (Å²) in [5.74, 6) is 0. The Balaban J connectivity index is 2.53. The molecule has 0 atom stereocenters. The number of halogens is 2. The van der Waals surface area contributed by atoms with Crippen LogP contribution in [0, 0.1) is 6.92 Å². The zero-order chi connectivity index (χ0) is 18.3. The minimum absolute atomic E-state index is 0.00295. The lowest BCUT2D eigenvalue weighted by Crippen LogP contribution is -2.15. The molecule has 0 fully saturated rings. The van der Waals surface area contributed by atoms with Crippen molar-refractivity contribution in [1.29, 1.82) is 0 Å². The smallest absolute Gasteiger partial charge is 0.294 e. The summed E-state index contributed by atoms with van der Waals surface area (Å²) in [6, 6.07) is 5.77. The predicted octanol–water partition coefficient (Wildman–Crippen LogP) is 2.93. The molecule has 0 radical (unpaired) electrons. The Hall–Kier alpha value is -1.52. The number of nitrogen functional groups attached to an aromatic ring is 1. The first-order chi connectivity index (χ1) is 10.9. The highest BCUT2D eigenvalue weighted by molar-refractivity contribution is 7.92. The molecule has 0 heterocycles. The van der Waals surface area contributed by atoms with Crippen molar-refractivity contribution in [3.05, 3.63) is 45.9 Å². The van der Waals surface area contributed by atoms with Crippen LogP contribution in [0.1, 0.15) is 5.56 Å². The molecular formula is C13H12Cl2N2O5S2. The number of nitrogens with one attached hydrogen (secondary N) is 1. The van der Waals surface area contributed by atoms with Gasteiger partial charge in [0.1, 0.15) is 4.90 Å². The highest BCUT2D eigenvalue weighted by Gasteiger charge is 2.22. The van der Waals surface area contributed by atoms with Crippen LogP contribution in [0.15, 0.2) is 40.1 Å². The van der Waals surface area contributed by atoms with Gasteiger partial charge < -0.3 is 5.73 Å². The fourth-order valence-corrected chi connectivity index (χ4v) is 4.24. The summed E-state index contributed by atoms with van der Waals surface area (Å²) in [6.07, 6.45) is 0. The number of anilines is 2. The first kappa shape index (κ1) is 18.8. The summed E-state index contributed by atoms with van der Waals surface area (Å²) in [6.45, 7) is 1.56. The minimum Gasteiger partial charge on any atom is -0.397 e. The van der Waals surface area contributed by atoms with Gasteiger partial charge in [0.2, 0.25) is 0 Å². The van der Waals surface area contributed by atoms with Crippen LogP contribution in [0.4, 0.5) is 11.4 Å². The van der Waals surface area contributed by atoms with Crippen molar-refractivity contribution < 1.29 is 21.4 Å². The summed E-state index contributed by atoms with van der Waals surface area (Å²) in [7, 11) is -8.65. The van der Waals surface area contributed by atoms with Gasteiger partial charge in [0, 0.05) is 0 Å². The zero-order valence-electron chi connectivity index (χ0n) is 12.1. The molecular weight excluding hydrogens is 399 g/mol. The van der Waals surface area contributed by atoms with E-state index in [2.05, 4.69) is 4.72 Å². The van der Waals surface area contributed by atoms with Gasteiger partial charge in [-0.15, -0.1) is 0 Å². The second-order valence-electron chi connectivity index (χ2n) is 4.86. The number of hydrogen-bond acceptors (Lipinski definition) is 5. The number of nitrogens with two attached hydrogens (primary N) is 1. The quantitative estimate of drug-likeness (QED) is 0.525. The zero-order valence-corrected chi connectivity index (χ0v) is 15.3. The molecule has 0 saturated carbocycles. The Morgan fingerprint density at radius 3 is 2.25 bits per heavy atom. The molecule has 0 saturated heterocycles. The van der Waals surface area contributed by atoms with Crippen LogP contribution in [0.25, 0.3) is 0 Å². The van der Waals surface area contributed by atoms with Gasteiger partial charge >= 0.3 is 0 Å². The second kappa shape index (κ2) is 6.41. The fourth-order valence-electron chi connectivity index (χ4n) is 1.82. The van der Waals surface area contributed by atoms with Gasteiger partial charge in [-0.1, -0.05) is 29.3 Å². The highest BCUT2D eigenvalue weighted by atomic mass is 35.5. The van der Waals surface area contributed by atoms with Crippen molar-refractivity contribution >= 4 is 54.7 Å². The van der Waals surface area contributed by atoms with E-state index in [1.165, 1.54) is 12.1 Å². The molecule has 2 rings (SSSR count). The van der Waals surface area contributed by atoms with Crippen molar-refractivity contribution in [2.45, 2.75) is 16.7 Å². The molecule has 11 heteroatoms. The Bertz CT molecular complexity index is 1020. The molecule has 130 valence electrons.